The van der Waals surface area contributed by atoms with Gasteiger partial charge in [-0.3, -0.25) is 0 Å². The molecule has 15 nitrogen and oxygen atoms in total. The largest absolute Gasteiger partial charge is 0.490 e. The van der Waals surface area contributed by atoms with Crippen LogP contribution in [0.25, 0.3) is 0 Å². The zero-order chi connectivity index (χ0) is 19.0. The molecule has 144 valence electrons. The first kappa shape index (κ1) is 22.3. The maximum absolute atomic E-state index is 11.7. The van der Waals surface area contributed by atoms with Crippen molar-refractivity contribution >= 4 is 23.5 Å². The first-order chi connectivity index (χ1) is 10.6. The standard InChI is InChI=1S/C6H15O15P3/c7-2-6(5(10)4(9)3(8)1-18-6)19-23(14,15)21-24(16,17)20-22(11,12)13/h3-5,7-10H,1-2H2,(H,14,15)(H,16,17)(H2,11,12,13)/t3-,4-,5+,6+/m1/s1. The van der Waals surface area contributed by atoms with Crippen LogP contribution in [0.1, 0.15) is 0 Å². The van der Waals surface area contributed by atoms with E-state index in [0.29, 0.717) is 0 Å². The van der Waals surface area contributed by atoms with Crippen LogP contribution in [0.5, 0.6) is 0 Å². The summed E-state index contributed by atoms with van der Waals surface area (Å²) in [6.45, 7) is -2.17. The highest BCUT2D eigenvalue weighted by atomic mass is 31.3. The van der Waals surface area contributed by atoms with E-state index < -0.39 is 60.8 Å². The molecule has 0 amide bonds. The van der Waals surface area contributed by atoms with Gasteiger partial charge in [0, 0.05) is 0 Å². The van der Waals surface area contributed by atoms with Crippen molar-refractivity contribution in [3.63, 3.8) is 0 Å². The molecule has 0 saturated carbocycles. The molecule has 0 spiro atoms. The molecule has 1 rings (SSSR count). The van der Waals surface area contributed by atoms with E-state index in [1.54, 1.807) is 0 Å². The van der Waals surface area contributed by atoms with Crippen molar-refractivity contribution in [2.75, 3.05) is 13.2 Å². The molecule has 2 unspecified atom stereocenters. The van der Waals surface area contributed by atoms with Crippen molar-refractivity contribution in [2.45, 2.75) is 24.1 Å². The van der Waals surface area contributed by atoms with E-state index in [1.165, 1.54) is 0 Å². The Hall–Kier alpha value is 0.210. The SMILES string of the molecule is O=P(O)(O)OP(=O)(O)OP(=O)(O)O[C@]1(CO)OC[C@@H](O)[C@@H](O)[C@@H]1O. The Kier molecular flexibility index (Phi) is 6.90. The third-order valence-electron chi connectivity index (χ3n) is 2.57. The molecule has 24 heavy (non-hydrogen) atoms. The van der Waals surface area contributed by atoms with Crippen LogP contribution in [0.4, 0.5) is 0 Å². The van der Waals surface area contributed by atoms with Crippen LogP contribution in [0.2, 0.25) is 0 Å². The normalized spacial score (nSPS) is 36.8. The van der Waals surface area contributed by atoms with E-state index in [2.05, 4.69) is 17.9 Å². The lowest BCUT2D eigenvalue weighted by Crippen LogP contribution is -2.63. The van der Waals surface area contributed by atoms with E-state index in [4.69, 9.17) is 14.7 Å². The van der Waals surface area contributed by atoms with Crippen molar-refractivity contribution in [1.82, 2.24) is 0 Å². The number of hydrogen-bond acceptors (Lipinski definition) is 11. The zero-order valence-electron chi connectivity index (χ0n) is 11.4. The average Bonchev–Trinajstić information content (AvgIpc) is 2.35. The summed E-state index contributed by atoms with van der Waals surface area (Å²) in [5.74, 6) is -2.86. The minimum absolute atomic E-state index is 0.783. The van der Waals surface area contributed by atoms with Crippen molar-refractivity contribution in [3.8, 4) is 0 Å². The smallest absolute Gasteiger partial charge is 0.391 e. The summed E-state index contributed by atoms with van der Waals surface area (Å²) in [6.07, 6.45) is -5.96. The second-order valence-electron chi connectivity index (χ2n) is 4.47. The molecule has 0 radical (unpaired) electrons. The van der Waals surface area contributed by atoms with Crippen LogP contribution >= 0.6 is 23.5 Å². The molecule has 1 aliphatic heterocycles. The third-order valence-corrected chi connectivity index (χ3v) is 6.44. The van der Waals surface area contributed by atoms with Gasteiger partial charge in [-0.1, -0.05) is 0 Å². The van der Waals surface area contributed by atoms with Crippen LogP contribution in [0, 0.1) is 0 Å². The van der Waals surface area contributed by atoms with Crippen molar-refractivity contribution in [1.29, 1.82) is 0 Å². The number of ether oxygens (including phenoxy) is 1. The number of aliphatic hydroxyl groups is 4. The van der Waals surface area contributed by atoms with E-state index in [9.17, 15) is 39.0 Å². The number of aliphatic hydroxyl groups excluding tert-OH is 4. The summed E-state index contributed by atoms with van der Waals surface area (Å²) in [5.41, 5.74) is 0. The molecule has 1 aliphatic rings. The number of hydrogen-bond donors (Lipinski definition) is 8. The Morgan fingerprint density at radius 2 is 1.54 bits per heavy atom. The average molecular weight is 420 g/mol. The fourth-order valence-corrected chi connectivity index (χ4v) is 4.87. The quantitative estimate of drug-likeness (QED) is 0.193. The zero-order valence-corrected chi connectivity index (χ0v) is 14.1. The molecule has 0 aromatic carbocycles. The molecule has 0 bridgehead atoms. The van der Waals surface area contributed by atoms with Crippen molar-refractivity contribution in [3.05, 3.63) is 0 Å². The van der Waals surface area contributed by atoms with Gasteiger partial charge in [0.15, 0.2) is 0 Å². The molecule has 18 heteroatoms. The Labute approximate surface area is 133 Å². The minimum atomic E-state index is -5.82. The predicted octanol–water partition coefficient (Wildman–Crippen LogP) is -2.87. The van der Waals surface area contributed by atoms with Gasteiger partial charge in [0.2, 0.25) is 5.79 Å². The summed E-state index contributed by atoms with van der Waals surface area (Å²) in [7, 11) is -17.2. The summed E-state index contributed by atoms with van der Waals surface area (Å²) < 4.78 is 49.1. The number of phosphoric ester groups is 1. The summed E-state index contributed by atoms with van der Waals surface area (Å²) in [6, 6.07) is 0. The second kappa shape index (κ2) is 7.45. The van der Waals surface area contributed by atoms with Gasteiger partial charge in [-0.05, 0) is 0 Å². The number of phosphoric acid groups is 3. The fourth-order valence-electron chi connectivity index (χ4n) is 1.62. The second-order valence-corrected chi connectivity index (χ2v) is 8.81. The summed E-state index contributed by atoms with van der Waals surface area (Å²) >= 11 is 0. The first-order valence-electron chi connectivity index (χ1n) is 5.77. The highest BCUT2D eigenvalue weighted by molar-refractivity contribution is 7.66. The molecule has 1 fully saturated rings. The third kappa shape index (κ3) is 5.88. The molecular formula is C6H15O15P3. The van der Waals surface area contributed by atoms with Crippen LogP contribution in [-0.2, 0) is 31.6 Å². The summed E-state index contributed by atoms with van der Waals surface area (Å²) in [4.78, 5) is 35.1. The molecule has 8 N–H and O–H groups in total. The molecular weight excluding hydrogens is 405 g/mol. The Morgan fingerprint density at radius 1 is 1.00 bits per heavy atom. The maximum Gasteiger partial charge on any atom is 0.490 e. The highest BCUT2D eigenvalue weighted by Gasteiger charge is 2.55. The lowest BCUT2D eigenvalue weighted by molar-refractivity contribution is -0.322. The van der Waals surface area contributed by atoms with Gasteiger partial charge in [0.25, 0.3) is 0 Å². The van der Waals surface area contributed by atoms with Crippen molar-refractivity contribution in [2.24, 2.45) is 0 Å². The molecule has 0 aliphatic carbocycles. The Morgan fingerprint density at radius 3 is 2.00 bits per heavy atom. The first-order valence-corrected chi connectivity index (χ1v) is 10.3. The van der Waals surface area contributed by atoms with Gasteiger partial charge in [-0.2, -0.15) is 8.62 Å². The van der Waals surface area contributed by atoms with Gasteiger partial charge in [-0.25, -0.2) is 18.2 Å². The van der Waals surface area contributed by atoms with Gasteiger partial charge >= 0.3 is 23.5 Å². The molecule has 6 atom stereocenters. The topological polar surface area (TPSA) is 250 Å². The van der Waals surface area contributed by atoms with Gasteiger partial charge in [-0.15, -0.1) is 0 Å². The molecule has 1 saturated heterocycles. The number of rotatable bonds is 7. The Balaban J connectivity index is 2.97. The maximum atomic E-state index is 11.7. The molecule has 0 aromatic rings. The molecule has 1 heterocycles. The van der Waals surface area contributed by atoms with Crippen LogP contribution in [0.15, 0.2) is 0 Å². The van der Waals surface area contributed by atoms with Gasteiger partial charge < -0.3 is 44.7 Å². The Bertz CT molecular complexity index is 586. The van der Waals surface area contributed by atoms with E-state index in [1.807, 2.05) is 0 Å². The fraction of sp³-hybridized carbons (Fsp3) is 1.00. The van der Waals surface area contributed by atoms with Crippen LogP contribution in [-0.4, -0.2) is 77.3 Å². The van der Waals surface area contributed by atoms with Gasteiger partial charge in [0.05, 0.1) is 6.61 Å². The monoisotopic (exact) mass is 420 g/mol. The summed E-state index contributed by atoms with van der Waals surface area (Å²) in [5, 5.41) is 37.6. The lowest BCUT2D eigenvalue weighted by atomic mass is 9.98. The van der Waals surface area contributed by atoms with Crippen LogP contribution in [0.3, 0.4) is 0 Å². The van der Waals surface area contributed by atoms with E-state index >= 15 is 0 Å². The van der Waals surface area contributed by atoms with Crippen LogP contribution < -0.4 is 0 Å². The highest BCUT2D eigenvalue weighted by Crippen LogP contribution is 2.67. The molecule has 0 aromatic heterocycles. The van der Waals surface area contributed by atoms with Crippen molar-refractivity contribution < 1.29 is 71.6 Å². The van der Waals surface area contributed by atoms with E-state index in [-0.39, 0.29) is 0 Å². The lowest BCUT2D eigenvalue weighted by Gasteiger charge is -2.43. The van der Waals surface area contributed by atoms with Gasteiger partial charge in [0.1, 0.15) is 24.9 Å². The minimum Gasteiger partial charge on any atom is -0.391 e. The van der Waals surface area contributed by atoms with E-state index in [0.717, 1.165) is 0 Å². The predicted molar refractivity (Wildman–Crippen MR) is 68.7 cm³/mol.